The number of ether oxygens (including phenoxy) is 2. The number of carbonyl (C=O) groups is 1. The highest BCUT2D eigenvalue weighted by molar-refractivity contribution is 5.70. The number of pyridine rings is 1. The molecular weight excluding hydrogens is 342 g/mol. The van der Waals surface area contributed by atoms with E-state index in [1.54, 1.807) is 6.20 Å². The van der Waals surface area contributed by atoms with Gasteiger partial charge in [-0.1, -0.05) is 6.07 Å². The number of hydrogen-bond acceptors (Lipinski definition) is 5. The Hall–Kier alpha value is -2.76. The summed E-state index contributed by atoms with van der Waals surface area (Å²) in [6, 6.07) is 7.86. The van der Waals surface area contributed by atoms with Crippen LogP contribution < -0.4 is 15.4 Å². The molecule has 27 heavy (non-hydrogen) atoms. The van der Waals surface area contributed by atoms with E-state index in [-0.39, 0.29) is 0 Å². The number of nitrogens with zero attached hydrogens (tertiary/aromatic N) is 1. The number of hydrogen-bond donors (Lipinski definition) is 2. The van der Waals surface area contributed by atoms with Gasteiger partial charge in [0.2, 0.25) is 0 Å². The van der Waals surface area contributed by atoms with Crippen LogP contribution in [0.25, 0.3) is 0 Å². The molecule has 0 saturated carbocycles. The number of aromatic nitrogens is 1. The highest BCUT2D eigenvalue weighted by atomic mass is 16.6. The van der Waals surface area contributed by atoms with Gasteiger partial charge in [-0.25, -0.2) is 9.78 Å². The summed E-state index contributed by atoms with van der Waals surface area (Å²) in [4.78, 5) is 16.4. The van der Waals surface area contributed by atoms with Crippen LogP contribution in [0, 0.1) is 13.8 Å². The van der Waals surface area contributed by atoms with E-state index in [1.807, 2.05) is 65.8 Å². The van der Waals surface area contributed by atoms with Crippen molar-refractivity contribution in [1.82, 2.24) is 10.3 Å². The van der Waals surface area contributed by atoms with Crippen molar-refractivity contribution in [2.75, 3.05) is 11.9 Å². The van der Waals surface area contributed by atoms with E-state index in [0.29, 0.717) is 18.9 Å². The van der Waals surface area contributed by atoms with Crippen molar-refractivity contribution in [1.29, 1.82) is 0 Å². The van der Waals surface area contributed by atoms with E-state index >= 15 is 0 Å². The minimum Gasteiger partial charge on any atom is -0.491 e. The van der Waals surface area contributed by atoms with Crippen LogP contribution in [0.4, 0.5) is 16.3 Å². The molecule has 146 valence electrons. The molecule has 1 aromatic heterocycles. The minimum absolute atomic E-state index is 0.312. The number of amides is 1. The highest BCUT2D eigenvalue weighted by Gasteiger charge is 2.18. The van der Waals surface area contributed by atoms with Gasteiger partial charge in [0.05, 0.1) is 18.8 Å². The van der Waals surface area contributed by atoms with Gasteiger partial charge in [0.25, 0.3) is 0 Å². The van der Waals surface area contributed by atoms with Gasteiger partial charge in [-0.2, -0.15) is 0 Å². The zero-order chi connectivity index (χ0) is 20.0. The average Bonchev–Trinajstić information content (AvgIpc) is 2.55. The molecule has 1 heterocycles. The van der Waals surface area contributed by atoms with Gasteiger partial charge in [0.15, 0.2) is 0 Å². The first-order chi connectivity index (χ1) is 12.7. The Balaban J connectivity index is 2.26. The van der Waals surface area contributed by atoms with Gasteiger partial charge < -0.3 is 20.1 Å². The molecule has 0 aliphatic heterocycles. The van der Waals surface area contributed by atoms with Crippen LogP contribution in [0.1, 0.15) is 44.4 Å². The third kappa shape index (κ3) is 6.16. The summed E-state index contributed by atoms with van der Waals surface area (Å²) in [6.45, 7) is 12.3. The van der Waals surface area contributed by atoms with Gasteiger partial charge in [-0.3, -0.25) is 0 Å². The van der Waals surface area contributed by atoms with Crippen molar-refractivity contribution in [3.8, 4) is 5.75 Å². The fourth-order valence-electron chi connectivity index (χ4n) is 2.57. The molecule has 0 saturated heterocycles. The monoisotopic (exact) mass is 371 g/mol. The van der Waals surface area contributed by atoms with Crippen molar-refractivity contribution in [2.24, 2.45) is 0 Å². The second-order valence-corrected chi connectivity index (χ2v) is 7.37. The van der Waals surface area contributed by atoms with Crippen LogP contribution in [-0.4, -0.2) is 23.3 Å². The standard InChI is InChI=1S/C21H29N3O3/c1-7-26-19-16(13-23-20(25)27-21(4,5)6)15(3)8-9-17(19)24-18-12-14(2)10-11-22-18/h8-12H,7,13H2,1-6H3,(H,22,24)(H,23,25). The van der Waals surface area contributed by atoms with Crippen molar-refractivity contribution < 1.29 is 14.3 Å². The lowest BCUT2D eigenvalue weighted by Gasteiger charge is -2.21. The number of anilines is 2. The predicted molar refractivity (Wildman–Crippen MR) is 108 cm³/mol. The smallest absolute Gasteiger partial charge is 0.407 e. The summed E-state index contributed by atoms with van der Waals surface area (Å²) in [7, 11) is 0. The van der Waals surface area contributed by atoms with Crippen molar-refractivity contribution >= 4 is 17.6 Å². The van der Waals surface area contributed by atoms with Crippen molar-refractivity contribution in [2.45, 2.75) is 53.7 Å². The Labute approximate surface area is 161 Å². The maximum absolute atomic E-state index is 12.0. The largest absolute Gasteiger partial charge is 0.491 e. The molecule has 0 spiro atoms. The fourth-order valence-corrected chi connectivity index (χ4v) is 2.57. The fraction of sp³-hybridized carbons (Fsp3) is 0.429. The summed E-state index contributed by atoms with van der Waals surface area (Å²) < 4.78 is 11.2. The summed E-state index contributed by atoms with van der Waals surface area (Å²) >= 11 is 0. The predicted octanol–water partition coefficient (Wildman–Crippen LogP) is 4.87. The van der Waals surface area contributed by atoms with Gasteiger partial charge in [0.1, 0.15) is 17.2 Å². The lowest BCUT2D eigenvalue weighted by atomic mass is 10.1. The number of rotatable bonds is 6. The van der Waals surface area contributed by atoms with Gasteiger partial charge >= 0.3 is 6.09 Å². The molecule has 0 aliphatic rings. The van der Waals surface area contributed by atoms with Crippen LogP contribution in [0.2, 0.25) is 0 Å². The maximum Gasteiger partial charge on any atom is 0.407 e. The van der Waals surface area contributed by atoms with E-state index in [0.717, 1.165) is 28.2 Å². The van der Waals surface area contributed by atoms with E-state index in [9.17, 15) is 4.79 Å². The minimum atomic E-state index is -0.540. The molecule has 6 nitrogen and oxygen atoms in total. The quantitative estimate of drug-likeness (QED) is 0.758. The first kappa shape index (κ1) is 20.6. The molecule has 0 radical (unpaired) electrons. The van der Waals surface area contributed by atoms with Gasteiger partial charge in [-0.15, -0.1) is 0 Å². The second-order valence-electron chi connectivity index (χ2n) is 7.37. The summed E-state index contributed by atoms with van der Waals surface area (Å²) in [6.07, 6.45) is 1.31. The summed E-state index contributed by atoms with van der Waals surface area (Å²) in [5, 5.41) is 6.12. The van der Waals surface area contributed by atoms with E-state index < -0.39 is 11.7 Å². The van der Waals surface area contributed by atoms with Crippen LogP contribution >= 0.6 is 0 Å². The molecule has 2 N–H and O–H groups in total. The first-order valence-corrected chi connectivity index (χ1v) is 9.11. The van der Waals surface area contributed by atoms with Crippen LogP contribution in [0.3, 0.4) is 0 Å². The molecule has 0 fully saturated rings. The SMILES string of the molecule is CCOc1c(Nc2cc(C)ccn2)ccc(C)c1CNC(=O)OC(C)(C)C. The summed E-state index contributed by atoms with van der Waals surface area (Å²) in [5.74, 6) is 1.45. The van der Waals surface area contributed by atoms with Crippen LogP contribution in [-0.2, 0) is 11.3 Å². The molecule has 6 heteroatoms. The van der Waals surface area contributed by atoms with Crippen LogP contribution in [0.15, 0.2) is 30.5 Å². The lowest BCUT2D eigenvalue weighted by molar-refractivity contribution is 0.0523. The summed E-state index contributed by atoms with van der Waals surface area (Å²) in [5.41, 5.74) is 3.31. The molecule has 2 aromatic rings. The second kappa shape index (κ2) is 8.75. The number of alkyl carbamates (subject to hydrolysis) is 1. The average molecular weight is 371 g/mol. The molecule has 0 aliphatic carbocycles. The molecule has 0 atom stereocenters. The van der Waals surface area contributed by atoms with Crippen molar-refractivity contribution in [3.63, 3.8) is 0 Å². The highest BCUT2D eigenvalue weighted by Crippen LogP contribution is 2.33. The van der Waals surface area contributed by atoms with Gasteiger partial charge in [0, 0.05) is 11.8 Å². The Morgan fingerprint density at radius 3 is 2.56 bits per heavy atom. The molecular formula is C21H29N3O3. The number of nitrogens with one attached hydrogen (secondary N) is 2. The molecule has 1 amide bonds. The third-order valence-electron chi connectivity index (χ3n) is 3.77. The normalized spacial score (nSPS) is 11.0. The molecule has 0 unspecified atom stereocenters. The van der Waals surface area contributed by atoms with E-state index in [2.05, 4.69) is 15.6 Å². The Bertz CT molecular complexity index is 798. The Kier molecular flexibility index (Phi) is 6.66. The Morgan fingerprint density at radius 1 is 1.19 bits per heavy atom. The number of carbonyl (C=O) groups excluding carboxylic acids is 1. The zero-order valence-corrected chi connectivity index (χ0v) is 17.0. The Morgan fingerprint density at radius 2 is 1.93 bits per heavy atom. The molecule has 0 bridgehead atoms. The third-order valence-corrected chi connectivity index (χ3v) is 3.77. The first-order valence-electron chi connectivity index (χ1n) is 9.11. The van der Waals surface area contributed by atoms with Crippen molar-refractivity contribution in [3.05, 3.63) is 47.2 Å². The zero-order valence-electron chi connectivity index (χ0n) is 17.0. The molecule has 2 rings (SSSR count). The number of benzene rings is 1. The molecule has 1 aromatic carbocycles. The maximum atomic E-state index is 12.0. The van der Waals surface area contributed by atoms with E-state index in [1.165, 1.54) is 0 Å². The van der Waals surface area contributed by atoms with Crippen LogP contribution in [0.5, 0.6) is 5.75 Å². The number of aryl methyl sites for hydroxylation is 2. The van der Waals surface area contributed by atoms with Gasteiger partial charge in [-0.05, 0) is 70.9 Å². The van der Waals surface area contributed by atoms with E-state index in [4.69, 9.17) is 9.47 Å². The topological polar surface area (TPSA) is 72.5 Å². The lowest BCUT2D eigenvalue weighted by Crippen LogP contribution is -2.32.